The molecule has 9 rings (SSSR count). The molecule has 2 aliphatic carbocycles. The highest BCUT2D eigenvalue weighted by Gasteiger charge is 2.68. The van der Waals surface area contributed by atoms with E-state index in [-0.39, 0.29) is 30.0 Å². The molecular formula is C41H34ClN5O7S. The zero-order valence-corrected chi connectivity index (χ0v) is 31.7. The molecule has 2 aliphatic heterocycles. The Balaban J connectivity index is 1.15. The van der Waals surface area contributed by atoms with Gasteiger partial charge in [0, 0.05) is 46.5 Å². The highest BCUT2D eigenvalue weighted by molar-refractivity contribution is 7.22. The van der Waals surface area contributed by atoms with E-state index in [1.54, 1.807) is 56.5 Å². The van der Waals surface area contributed by atoms with Crippen molar-refractivity contribution in [1.82, 2.24) is 9.78 Å². The predicted octanol–water partition coefficient (Wildman–Crippen LogP) is 7.62. The van der Waals surface area contributed by atoms with Crippen LogP contribution in [0.3, 0.4) is 0 Å². The van der Waals surface area contributed by atoms with Gasteiger partial charge in [-0.3, -0.25) is 34.0 Å². The van der Waals surface area contributed by atoms with Crippen LogP contribution in [0.5, 0.6) is 5.75 Å². The molecule has 6 unspecified atom stereocenters. The van der Waals surface area contributed by atoms with Crippen molar-refractivity contribution in [1.29, 1.82) is 0 Å². The lowest BCUT2D eigenvalue weighted by molar-refractivity contribution is -0.384. The van der Waals surface area contributed by atoms with Gasteiger partial charge in [-0.05, 0) is 80.3 Å². The minimum Gasteiger partial charge on any atom is -0.507 e. The average molecular weight is 776 g/mol. The summed E-state index contributed by atoms with van der Waals surface area (Å²) in [6, 6.07) is 18.2. The zero-order chi connectivity index (χ0) is 38.8. The molecule has 1 N–H and O–H groups in total. The summed E-state index contributed by atoms with van der Waals surface area (Å²) in [5.41, 5.74) is 1.81. The maximum Gasteiger partial charge on any atom is 0.271 e. The molecule has 12 nitrogen and oxygen atoms in total. The fourth-order valence-corrected chi connectivity index (χ4v) is 11.0. The normalized spacial score (nSPS) is 26.1. The van der Waals surface area contributed by atoms with Crippen LogP contribution >= 0.6 is 22.9 Å². The number of thiophene rings is 1. The van der Waals surface area contributed by atoms with Crippen molar-refractivity contribution >= 4 is 73.8 Å². The summed E-state index contributed by atoms with van der Waals surface area (Å²) < 4.78 is 2.55. The Labute approximate surface area is 323 Å². The number of imide groups is 2. The van der Waals surface area contributed by atoms with Gasteiger partial charge in [0.25, 0.3) is 5.69 Å². The summed E-state index contributed by atoms with van der Waals surface area (Å²) in [4.78, 5) is 72.5. The number of anilines is 2. The van der Waals surface area contributed by atoms with Crippen molar-refractivity contribution < 1.29 is 29.2 Å². The fourth-order valence-electron chi connectivity index (χ4n) is 9.71. The van der Waals surface area contributed by atoms with Gasteiger partial charge >= 0.3 is 0 Å². The van der Waals surface area contributed by atoms with E-state index in [0.29, 0.717) is 27.7 Å². The first-order valence-corrected chi connectivity index (χ1v) is 19.1. The van der Waals surface area contributed by atoms with E-state index in [1.807, 2.05) is 31.2 Å². The number of amides is 4. The summed E-state index contributed by atoms with van der Waals surface area (Å²) in [5.74, 6) is -5.60. The number of carbonyl (C=O) groups is 4. The number of carbonyl (C=O) groups excluding carboxylic acids is 4. The van der Waals surface area contributed by atoms with Crippen molar-refractivity contribution in [3.8, 4) is 16.3 Å². The fraction of sp³-hybridized carbons (Fsp3) is 0.293. The molecular weight excluding hydrogens is 742 g/mol. The number of fused-ring (bicyclic) bond motifs is 5. The number of nitro benzene ring substituents is 1. The Kier molecular flexibility index (Phi) is 7.76. The summed E-state index contributed by atoms with van der Waals surface area (Å²) in [6.07, 6.45) is 2.20. The van der Waals surface area contributed by atoms with E-state index in [0.717, 1.165) is 31.0 Å². The van der Waals surface area contributed by atoms with Crippen LogP contribution in [0.4, 0.5) is 17.2 Å². The number of aryl methyl sites for hydroxylation is 3. The Morgan fingerprint density at radius 3 is 2.49 bits per heavy atom. The third-order valence-corrected chi connectivity index (χ3v) is 13.9. The monoisotopic (exact) mass is 775 g/mol. The van der Waals surface area contributed by atoms with Gasteiger partial charge in [0.2, 0.25) is 23.6 Å². The number of para-hydroxylation sites is 1. The summed E-state index contributed by atoms with van der Waals surface area (Å²) >= 11 is 7.85. The van der Waals surface area contributed by atoms with E-state index < -0.39 is 63.6 Å². The first-order chi connectivity index (χ1) is 26.2. The second-order valence-corrected chi connectivity index (χ2v) is 16.7. The van der Waals surface area contributed by atoms with E-state index in [1.165, 1.54) is 33.8 Å². The van der Waals surface area contributed by atoms with Crippen molar-refractivity contribution in [2.24, 2.45) is 36.1 Å². The Morgan fingerprint density at radius 2 is 1.73 bits per heavy atom. The molecule has 1 saturated carbocycles. The molecule has 55 heavy (non-hydrogen) atoms. The Bertz CT molecular complexity index is 2610. The maximum atomic E-state index is 15.1. The second-order valence-electron chi connectivity index (χ2n) is 15.2. The van der Waals surface area contributed by atoms with Gasteiger partial charge in [0.15, 0.2) is 0 Å². The number of aromatic nitrogens is 2. The molecule has 4 amide bonds. The van der Waals surface area contributed by atoms with Crippen LogP contribution in [0.15, 0.2) is 78.4 Å². The summed E-state index contributed by atoms with van der Waals surface area (Å²) in [5, 5.41) is 29.5. The molecule has 4 aliphatic rings. The largest absolute Gasteiger partial charge is 0.507 e. The van der Waals surface area contributed by atoms with Crippen LogP contribution in [0.2, 0.25) is 5.02 Å². The van der Waals surface area contributed by atoms with Gasteiger partial charge in [-0.15, -0.1) is 11.3 Å². The quantitative estimate of drug-likeness (QED) is 0.0828. The molecule has 278 valence electrons. The second kappa shape index (κ2) is 12.2. The summed E-state index contributed by atoms with van der Waals surface area (Å²) in [7, 11) is 1.69. The first-order valence-electron chi connectivity index (χ1n) is 17.9. The van der Waals surface area contributed by atoms with Gasteiger partial charge < -0.3 is 5.11 Å². The van der Waals surface area contributed by atoms with Crippen molar-refractivity contribution in [3.05, 3.63) is 110 Å². The number of nitro groups is 1. The summed E-state index contributed by atoms with van der Waals surface area (Å²) in [6.45, 7) is 5.51. The van der Waals surface area contributed by atoms with Crippen molar-refractivity contribution in [3.63, 3.8) is 0 Å². The number of phenolic OH excluding ortho intramolecular Hbond substituents is 1. The van der Waals surface area contributed by atoms with Crippen LogP contribution in [0.1, 0.15) is 42.4 Å². The van der Waals surface area contributed by atoms with Crippen LogP contribution < -0.4 is 9.80 Å². The van der Waals surface area contributed by atoms with Crippen molar-refractivity contribution in [2.75, 3.05) is 9.80 Å². The number of hydrogen-bond donors (Lipinski definition) is 1. The number of phenols is 1. The lowest BCUT2D eigenvalue weighted by Crippen LogP contribution is -2.49. The third-order valence-electron chi connectivity index (χ3n) is 12.4. The predicted molar refractivity (Wildman–Crippen MR) is 207 cm³/mol. The van der Waals surface area contributed by atoms with E-state index in [9.17, 15) is 29.6 Å². The lowest BCUT2D eigenvalue weighted by Gasteiger charge is -2.49. The minimum atomic E-state index is -1.38. The number of halogens is 1. The maximum absolute atomic E-state index is 15.1. The number of non-ortho nitro benzene ring substituents is 1. The van der Waals surface area contributed by atoms with E-state index >= 15 is 4.79 Å². The number of allylic oxidation sites excluding steroid dienone is 2. The standard InChI is InChI=1S/C41H34ClN5O7S/c1-19-7-5-10-26(35(19)48)34-24-12-13-25-33(39(51)45(37(25)49)22-8-6-9-23(16-22)47(53)54)28(24)17-29-38(50)46(40(52)41(29,34)3)32-18-30(43-44(32)4)36-20(2)27-15-21(42)11-14-31(27)55-36/h5-12,14-16,18,25,28-29,33-34,48H,13,17H2,1-4H3. The number of aromatic hydroxyl groups is 1. The molecule has 4 heterocycles. The van der Waals surface area contributed by atoms with Crippen LogP contribution in [-0.4, -0.2) is 43.4 Å². The number of nitrogens with zero attached hydrogens (tertiary/aromatic N) is 5. The average Bonchev–Trinajstić information content (AvgIpc) is 3.83. The van der Waals surface area contributed by atoms with E-state index in [4.69, 9.17) is 16.7 Å². The molecule has 3 aromatic carbocycles. The smallest absolute Gasteiger partial charge is 0.271 e. The third kappa shape index (κ3) is 4.85. The molecule has 5 aromatic rings. The molecule has 14 heteroatoms. The molecule has 6 atom stereocenters. The highest BCUT2D eigenvalue weighted by Crippen LogP contribution is 2.64. The highest BCUT2D eigenvalue weighted by atomic mass is 35.5. The molecule has 0 radical (unpaired) electrons. The van der Waals surface area contributed by atoms with Gasteiger partial charge in [-0.2, -0.15) is 5.10 Å². The van der Waals surface area contributed by atoms with Gasteiger partial charge in [-0.25, -0.2) is 9.80 Å². The van der Waals surface area contributed by atoms with E-state index in [2.05, 4.69) is 0 Å². The lowest BCUT2D eigenvalue weighted by atomic mass is 9.51. The van der Waals surface area contributed by atoms with Gasteiger partial charge in [0.1, 0.15) is 17.3 Å². The first kappa shape index (κ1) is 35.1. The zero-order valence-electron chi connectivity index (χ0n) is 30.1. The number of rotatable bonds is 5. The molecule has 2 saturated heterocycles. The van der Waals surface area contributed by atoms with Crippen LogP contribution in [0, 0.1) is 53.0 Å². The van der Waals surface area contributed by atoms with Gasteiger partial charge in [0.05, 0.1) is 38.7 Å². The SMILES string of the molecule is Cc1cccc(C2C3=CCC4C(=O)N(c5cccc([N+](=O)[O-])c5)C(=O)C4C3CC3C(=O)N(c4cc(-c5sc6ccc(Cl)cc6c5C)nn4C)C(=O)C32C)c1O. The van der Waals surface area contributed by atoms with Gasteiger partial charge in [-0.1, -0.05) is 47.5 Å². The molecule has 2 aromatic heterocycles. The number of benzene rings is 3. The Hall–Kier alpha value is -5.66. The minimum absolute atomic E-state index is 0.00921. The molecule has 0 spiro atoms. The van der Waals surface area contributed by atoms with Crippen molar-refractivity contribution in [2.45, 2.75) is 39.5 Å². The molecule has 0 bridgehead atoms. The number of hydrogen-bond acceptors (Lipinski definition) is 9. The Morgan fingerprint density at radius 1 is 0.964 bits per heavy atom. The van der Waals surface area contributed by atoms with Crippen LogP contribution in [0.25, 0.3) is 20.7 Å². The van der Waals surface area contributed by atoms with Crippen LogP contribution in [-0.2, 0) is 26.2 Å². The topological polar surface area (TPSA) is 156 Å². The molecule has 3 fully saturated rings.